The lowest BCUT2D eigenvalue weighted by atomic mass is 10.1. The van der Waals surface area contributed by atoms with Gasteiger partial charge in [-0.2, -0.15) is 0 Å². The average Bonchev–Trinajstić information content (AvgIpc) is 2.81. The number of hydrogen-bond donors (Lipinski definition) is 1. The summed E-state index contributed by atoms with van der Waals surface area (Å²) in [6.07, 6.45) is 1.47. The Morgan fingerprint density at radius 1 is 1.44 bits per heavy atom. The lowest BCUT2D eigenvalue weighted by Gasteiger charge is -2.23. The first-order chi connectivity index (χ1) is 8.54. The number of hydrogen-bond acceptors (Lipinski definition) is 2. The van der Waals surface area contributed by atoms with Crippen molar-refractivity contribution in [1.82, 2.24) is 4.90 Å². The summed E-state index contributed by atoms with van der Waals surface area (Å²) in [5, 5.41) is 9.02. The number of likely N-dealkylation sites (tertiary alicyclic amines) is 1. The molecule has 1 aromatic carbocycles. The van der Waals surface area contributed by atoms with Crippen LogP contribution in [0.3, 0.4) is 0 Å². The zero-order valence-corrected chi connectivity index (χ0v) is 10.3. The van der Waals surface area contributed by atoms with Gasteiger partial charge in [-0.05, 0) is 25.0 Å². The van der Waals surface area contributed by atoms with Crippen LogP contribution in [0.2, 0.25) is 5.02 Å². The molecule has 2 rings (SSSR count). The molecular weight excluding hydrogens is 264 g/mol. The maximum absolute atomic E-state index is 13.1. The summed E-state index contributed by atoms with van der Waals surface area (Å²) in [6, 6.07) is 1.31. The first-order valence-corrected chi connectivity index (χ1v) is 5.98. The quantitative estimate of drug-likeness (QED) is 0.841. The fraction of sp³-hybridized carbons (Fsp3) is 0.417. The third-order valence-electron chi connectivity index (χ3n) is 3.09. The molecule has 1 aliphatic rings. The highest BCUT2D eigenvalue weighted by atomic mass is 35.5. The minimum atomic E-state index is -1.11. The molecule has 1 aromatic rings. The van der Waals surface area contributed by atoms with E-state index in [1.54, 1.807) is 0 Å². The number of aliphatic hydroxyl groups excluding tert-OH is 1. The number of amides is 1. The molecule has 0 aliphatic carbocycles. The van der Waals surface area contributed by atoms with E-state index in [0.29, 0.717) is 13.0 Å². The van der Waals surface area contributed by atoms with Crippen LogP contribution in [0, 0.1) is 11.6 Å². The number of carbonyl (C=O) groups excluding carboxylic acids is 1. The maximum atomic E-state index is 13.1. The van der Waals surface area contributed by atoms with Crippen LogP contribution in [-0.2, 0) is 0 Å². The zero-order chi connectivity index (χ0) is 13.3. The van der Waals surface area contributed by atoms with Gasteiger partial charge in [-0.15, -0.1) is 0 Å². The Morgan fingerprint density at radius 2 is 2.11 bits per heavy atom. The van der Waals surface area contributed by atoms with E-state index in [1.807, 2.05) is 0 Å². The topological polar surface area (TPSA) is 40.5 Å². The van der Waals surface area contributed by atoms with E-state index >= 15 is 0 Å². The summed E-state index contributed by atoms with van der Waals surface area (Å²) < 4.78 is 26.1. The monoisotopic (exact) mass is 275 g/mol. The van der Waals surface area contributed by atoms with Gasteiger partial charge in [0, 0.05) is 6.54 Å². The summed E-state index contributed by atoms with van der Waals surface area (Å²) in [4.78, 5) is 13.6. The van der Waals surface area contributed by atoms with E-state index < -0.39 is 17.5 Å². The summed E-state index contributed by atoms with van der Waals surface area (Å²) in [5.41, 5.74) is -0.0732. The Labute approximate surface area is 108 Å². The Balaban J connectivity index is 2.31. The van der Waals surface area contributed by atoms with Crippen molar-refractivity contribution in [3.8, 4) is 0 Å². The smallest absolute Gasteiger partial charge is 0.255 e. The van der Waals surface area contributed by atoms with Crippen LogP contribution in [0.4, 0.5) is 8.78 Å². The van der Waals surface area contributed by atoms with Crippen LogP contribution < -0.4 is 0 Å². The number of carbonyl (C=O) groups is 1. The van der Waals surface area contributed by atoms with Crippen LogP contribution in [0.25, 0.3) is 0 Å². The molecular formula is C12H12ClF2NO2. The highest BCUT2D eigenvalue weighted by Gasteiger charge is 2.30. The molecule has 0 unspecified atom stereocenters. The van der Waals surface area contributed by atoms with Gasteiger partial charge in [0.25, 0.3) is 5.91 Å². The van der Waals surface area contributed by atoms with Gasteiger partial charge < -0.3 is 10.0 Å². The maximum Gasteiger partial charge on any atom is 0.255 e. The molecule has 1 saturated heterocycles. The summed E-state index contributed by atoms with van der Waals surface area (Å²) in [6.45, 7) is 0.340. The van der Waals surface area contributed by atoms with Gasteiger partial charge in [0.05, 0.1) is 23.2 Å². The van der Waals surface area contributed by atoms with Gasteiger partial charge >= 0.3 is 0 Å². The van der Waals surface area contributed by atoms with Crippen LogP contribution in [0.1, 0.15) is 23.2 Å². The van der Waals surface area contributed by atoms with Gasteiger partial charge in [0.2, 0.25) is 0 Å². The van der Waals surface area contributed by atoms with Crippen molar-refractivity contribution in [2.75, 3.05) is 13.2 Å². The van der Waals surface area contributed by atoms with E-state index in [-0.39, 0.29) is 23.2 Å². The van der Waals surface area contributed by atoms with E-state index in [4.69, 9.17) is 16.7 Å². The van der Waals surface area contributed by atoms with Gasteiger partial charge in [-0.1, -0.05) is 11.6 Å². The molecule has 1 heterocycles. The van der Waals surface area contributed by atoms with Crippen LogP contribution >= 0.6 is 11.6 Å². The summed E-state index contributed by atoms with van der Waals surface area (Å²) in [5.74, 6) is -2.67. The van der Waals surface area contributed by atoms with Crippen molar-refractivity contribution in [2.24, 2.45) is 0 Å². The molecule has 98 valence electrons. The van der Waals surface area contributed by atoms with Gasteiger partial charge in [0.1, 0.15) is 0 Å². The van der Waals surface area contributed by atoms with E-state index in [0.717, 1.165) is 18.6 Å². The fourth-order valence-corrected chi connectivity index (χ4v) is 2.37. The number of benzene rings is 1. The molecule has 18 heavy (non-hydrogen) atoms. The first kappa shape index (κ1) is 13.2. The number of nitrogens with zero attached hydrogens (tertiary/aromatic N) is 1. The molecule has 0 bridgehead atoms. The molecule has 1 amide bonds. The predicted molar refractivity (Wildman–Crippen MR) is 62.5 cm³/mol. The molecule has 0 radical (unpaired) electrons. The van der Waals surface area contributed by atoms with Crippen LogP contribution in [0.15, 0.2) is 12.1 Å². The molecule has 1 fully saturated rings. The number of halogens is 3. The van der Waals surface area contributed by atoms with E-state index in [9.17, 15) is 13.6 Å². The lowest BCUT2D eigenvalue weighted by molar-refractivity contribution is 0.0677. The van der Waals surface area contributed by atoms with Crippen molar-refractivity contribution in [2.45, 2.75) is 18.9 Å². The lowest BCUT2D eigenvalue weighted by Crippen LogP contribution is -2.37. The minimum absolute atomic E-state index is 0.0732. The second-order valence-corrected chi connectivity index (χ2v) is 4.63. The number of aliphatic hydroxyl groups is 1. The number of rotatable bonds is 2. The Hall–Kier alpha value is -1.20. The van der Waals surface area contributed by atoms with Crippen molar-refractivity contribution >= 4 is 17.5 Å². The minimum Gasteiger partial charge on any atom is -0.394 e. The van der Waals surface area contributed by atoms with Gasteiger partial charge in [-0.3, -0.25) is 4.79 Å². The fourth-order valence-electron chi connectivity index (χ4n) is 2.13. The molecule has 3 nitrogen and oxygen atoms in total. The predicted octanol–water partition coefficient (Wildman–Crippen LogP) is 2.22. The largest absolute Gasteiger partial charge is 0.394 e. The van der Waals surface area contributed by atoms with Crippen LogP contribution in [-0.4, -0.2) is 35.1 Å². The normalized spacial score (nSPS) is 19.3. The summed E-state index contributed by atoms with van der Waals surface area (Å²) in [7, 11) is 0. The third kappa shape index (κ3) is 2.33. The Morgan fingerprint density at radius 3 is 2.78 bits per heavy atom. The average molecular weight is 276 g/mol. The highest BCUT2D eigenvalue weighted by molar-refractivity contribution is 6.33. The second kappa shape index (κ2) is 5.20. The van der Waals surface area contributed by atoms with E-state index in [1.165, 1.54) is 4.90 Å². The zero-order valence-electron chi connectivity index (χ0n) is 9.50. The molecule has 0 saturated carbocycles. The van der Waals surface area contributed by atoms with E-state index in [2.05, 4.69) is 0 Å². The SMILES string of the molecule is O=C(c1cc(F)c(F)cc1Cl)N1CCC[C@@H]1CO. The standard InChI is InChI=1S/C12H12ClF2NO2/c13-9-5-11(15)10(14)4-8(9)12(18)16-3-1-2-7(16)6-17/h4-5,7,17H,1-3,6H2/t7-/m1/s1. The van der Waals surface area contributed by atoms with Crippen molar-refractivity contribution in [3.05, 3.63) is 34.4 Å². The molecule has 1 aliphatic heterocycles. The summed E-state index contributed by atoms with van der Waals surface area (Å²) >= 11 is 5.75. The van der Waals surface area contributed by atoms with Gasteiger partial charge in [-0.25, -0.2) is 8.78 Å². The molecule has 1 atom stereocenters. The van der Waals surface area contributed by atoms with Gasteiger partial charge in [0.15, 0.2) is 11.6 Å². The second-order valence-electron chi connectivity index (χ2n) is 4.22. The molecule has 0 spiro atoms. The van der Waals surface area contributed by atoms with Crippen molar-refractivity contribution < 1.29 is 18.7 Å². The first-order valence-electron chi connectivity index (χ1n) is 5.61. The molecule has 1 N–H and O–H groups in total. The molecule has 6 heteroatoms. The van der Waals surface area contributed by atoms with Crippen molar-refractivity contribution in [1.29, 1.82) is 0 Å². The Kier molecular flexibility index (Phi) is 3.82. The van der Waals surface area contributed by atoms with Crippen LogP contribution in [0.5, 0.6) is 0 Å². The third-order valence-corrected chi connectivity index (χ3v) is 3.40. The van der Waals surface area contributed by atoms with Crippen molar-refractivity contribution in [3.63, 3.8) is 0 Å². The highest BCUT2D eigenvalue weighted by Crippen LogP contribution is 2.25. The Bertz CT molecular complexity index is 481. The molecule has 0 aromatic heterocycles.